The van der Waals surface area contributed by atoms with Crippen molar-refractivity contribution in [2.75, 3.05) is 0 Å². The Kier molecular flexibility index (Phi) is 5.44. The SMILES string of the molecule is CC1(C)CC[C@]2(C(O)O)[C@H](O)C[C@]3(C)C(=CC[C@@H]4[C@@]5(C)CC[C@H](O)C(C)(C)C5CC[C@]43C)[C@@H]2C1. The second-order valence-corrected chi connectivity index (χ2v) is 15.3. The number of aliphatic hydroxyl groups excluding tert-OH is 3. The average molecular weight is 475 g/mol. The van der Waals surface area contributed by atoms with Gasteiger partial charge in [-0.05, 0) is 103 Å². The number of fused-ring (bicyclic) bond motifs is 7. The van der Waals surface area contributed by atoms with Crippen molar-refractivity contribution in [2.45, 2.75) is 125 Å². The minimum Gasteiger partial charge on any atom is -0.393 e. The van der Waals surface area contributed by atoms with Crippen LogP contribution in [0.4, 0.5) is 0 Å². The summed E-state index contributed by atoms with van der Waals surface area (Å²) in [5.41, 5.74) is 0.692. The molecule has 4 fully saturated rings. The van der Waals surface area contributed by atoms with Crippen LogP contribution in [0.2, 0.25) is 0 Å². The fraction of sp³-hybridized carbons (Fsp3) is 0.933. The molecule has 0 amide bonds. The van der Waals surface area contributed by atoms with Crippen LogP contribution in [0.25, 0.3) is 0 Å². The first kappa shape index (κ1) is 25.2. The maximum atomic E-state index is 11.7. The highest BCUT2D eigenvalue weighted by atomic mass is 16.5. The fourth-order valence-electron chi connectivity index (χ4n) is 10.8. The molecule has 0 aromatic carbocycles. The summed E-state index contributed by atoms with van der Waals surface area (Å²) in [6.07, 6.45) is 8.38. The molecule has 0 heterocycles. The van der Waals surface area contributed by atoms with Gasteiger partial charge in [-0.2, -0.15) is 0 Å². The quantitative estimate of drug-likeness (QED) is 0.302. The summed E-state index contributed by atoms with van der Waals surface area (Å²) in [6, 6.07) is 0. The highest BCUT2D eigenvalue weighted by Crippen LogP contribution is 2.75. The van der Waals surface area contributed by atoms with Gasteiger partial charge in [-0.3, -0.25) is 0 Å². The molecule has 4 heteroatoms. The van der Waals surface area contributed by atoms with E-state index in [0.717, 1.165) is 44.9 Å². The van der Waals surface area contributed by atoms with Gasteiger partial charge in [-0.15, -0.1) is 0 Å². The van der Waals surface area contributed by atoms with Gasteiger partial charge in [-0.25, -0.2) is 0 Å². The summed E-state index contributed by atoms with van der Waals surface area (Å²) in [7, 11) is 0. The smallest absolute Gasteiger partial charge is 0.160 e. The standard InChI is InChI=1S/C30H50O4/c1-25(2)14-15-30(24(33)34)19(16-25)18-8-9-21-27(5)12-11-22(31)26(3,4)20(27)10-13-28(21,6)29(18,7)17-23(30)32/h8,19-24,31-34H,9-17H2,1-7H3/t19-,20?,21+,22-,23+,27-,28+,29+,30+/m0/s1. The van der Waals surface area contributed by atoms with E-state index in [0.29, 0.717) is 24.7 Å². The number of rotatable bonds is 1. The molecule has 4 nitrogen and oxygen atoms in total. The highest BCUT2D eigenvalue weighted by molar-refractivity contribution is 5.35. The predicted octanol–water partition coefficient (Wildman–Crippen LogP) is 5.43. The molecular formula is C30H50O4. The summed E-state index contributed by atoms with van der Waals surface area (Å²) < 4.78 is 0. The van der Waals surface area contributed by atoms with E-state index in [4.69, 9.17) is 0 Å². The molecule has 0 aromatic rings. The van der Waals surface area contributed by atoms with Crippen molar-refractivity contribution in [1.82, 2.24) is 0 Å². The second kappa shape index (κ2) is 7.33. The average Bonchev–Trinajstić information content (AvgIpc) is 2.71. The number of allylic oxidation sites excluding steroid dienone is 2. The lowest BCUT2D eigenvalue weighted by molar-refractivity contribution is -0.257. The number of hydrogen-bond donors (Lipinski definition) is 4. The van der Waals surface area contributed by atoms with Gasteiger partial charge in [0.15, 0.2) is 6.29 Å². The van der Waals surface area contributed by atoms with Gasteiger partial charge in [0.25, 0.3) is 0 Å². The molecule has 0 saturated heterocycles. The van der Waals surface area contributed by atoms with Gasteiger partial charge in [0.2, 0.25) is 0 Å². The molecule has 4 N–H and O–H groups in total. The monoisotopic (exact) mass is 474 g/mol. The molecule has 1 unspecified atom stereocenters. The second-order valence-electron chi connectivity index (χ2n) is 15.3. The molecule has 0 aliphatic heterocycles. The Morgan fingerprint density at radius 2 is 1.47 bits per heavy atom. The molecule has 5 aliphatic rings. The number of aliphatic hydroxyl groups is 4. The lowest BCUT2D eigenvalue weighted by Crippen LogP contribution is -2.68. The predicted molar refractivity (Wildman–Crippen MR) is 135 cm³/mol. The Balaban J connectivity index is 1.62. The van der Waals surface area contributed by atoms with Crippen molar-refractivity contribution in [1.29, 1.82) is 0 Å². The van der Waals surface area contributed by atoms with Gasteiger partial charge < -0.3 is 20.4 Å². The molecule has 9 atom stereocenters. The van der Waals surface area contributed by atoms with Crippen molar-refractivity contribution >= 4 is 0 Å². The molecule has 5 rings (SSSR count). The van der Waals surface area contributed by atoms with Crippen LogP contribution >= 0.6 is 0 Å². The van der Waals surface area contributed by atoms with Crippen molar-refractivity contribution in [3.63, 3.8) is 0 Å². The van der Waals surface area contributed by atoms with E-state index in [1.54, 1.807) is 0 Å². The maximum absolute atomic E-state index is 11.7. The Hall–Kier alpha value is -0.420. The van der Waals surface area contributed by atoms with Crippen LogP contribution in [0, 0.1) is 50.2 Å². The minimum atomic E-state index is -1.49. The van der Waals surface area contributed by atoms with Crippen LogP contribution in [0.3, 0.4) is 0 Å². The van der Waals surface area contributed by atoms with Crippen LogP contribution in [-0.2, 0) is 0 Å². The summed E-state index contributed by atoms with van der Waals surface area (Å²) in [4.78, 5) is 0. The van der Waals surface area contributed by atoms with Gasteiger partial charge in [0.1, 0.15) is 0 Å². The highest BCUT2D eigenvalue weighted by Gasteiger charge is 2.70. The third-order valence-electron chi connectivity index (χ3n) is 13.2. The zero-order chi connectivity index (χ0) is 25.1. The number of hydrogen-bond acceptors (Lipinski definition) is 4. The third-order valence-corrected chi connectivity index (χ3v) is 13.2. The normalized spacial score (nSPS) is 53.8. The summed E-state index contributed by atoms with van der Waals surface area (Å²) in [6.45, 7) is 16.5. The molecule has 0 spiro atoms. The van der Waals surface area contributed by atoms with Crippen LogP contribution < -0.4 is 0 Å². The molecule has 0 radical (unpaired) electrons. The van der Waals surface area contributed by atoms with E-state index >= 15 is 0 Å². The Morgan fingerprint density at radius 3 is 2.12 bits per heavy atom. The molecule has 34 heavy (non-hydrogen) atoms. The molecule has 0 bridgehead atoms. The van der Waals surface area contributed by atoms with E-state index in [-0.39, 0.29) is 39.1 Å². The van der Waals surface area contributed by atoms with Gasteiger partial charge in [0.05, 0.1) is 17.6 Å². The van der Waals surface area contributed by atoms with Crippen LogP contribution in [0.5, 0.6) is 0 Å². The topological polar surface area (TPSA) is 80.9 Å². The molecule has 4 saturated carbocycles. The minimum absolute atomic E-state index is 0.0120. The maximum Gasteiger partial charge on any atom is 0.160 e. The zero-order valence-electron chi connectivity index (χ0n) is 22.7. The first-order valence-corrected chi connectivity index (χ1v) is 14.0. The summed E-state index contributed by atoms with van der Waals surface area (Å²) in [5.74, 6) is 1.02. The van der Waals surface area contributed by atoms with Crippen LogP contribution in [0.15, 0.2) is 11.6 Å². The van der Waals surface area contributed by atoms with Crippen LogP contribution in [-0.4, -0.2) is 38.9 Å². The van der Waals surface area contributed by atoms with Crippen molar-refractivity contribution in [2.24, 2.45) is 50.2 Å². The molecule has 5 aliphatic carbocycles. The van der Waals surface area contributed by atoms with Gasteiger partial charge >= 0.3 is 0 Å². The molecule has 0 aromatic heterocycles. The zero-order valence-corrected chi connectivity index (χ0v) is 22.7. The van der Waals surface area contributed by atoms with Crippen molar-refractivity contribution < 1.29 is 20.4 Å². The lowest BCUT2D eigenvalue weighted by atomic mass is 9.33. The summed E-state index contributed by atoms with van der Waals surface area (Å²) >= 11 is 0. The van der Waals surface area contributed by atoms with Gasteiger partial charge in [-0.1, -0.05) is 60.1 Å². The summed E-state index contributed by atoms with van der Waals surface area (Å²) in [5, 5.41) is 44.0. The Morgan fingerprint density at radius 1 is 0.794 bits per heavy atom. The Labute approximate surface area is 207 Å². The molecular weight excluding hydrogens is 424 g/mol. The third kappa shape index (κ3) is 2.92. The lowest BCUT2D eigenvalue weighted by Gasteiger charge is -2.72. The first-order valence-electron chi connectivity index (χ1n) is 14.0. The fourth-order valence-corrected chi connectivity index (χ4v) is 10.8. The van der Waals surface area contributed by atoms with E-state index in [9.17, 15) is 20.4 Å². The van der Waals surface area contributed by atoms with E-state index in [1.807, 2.05) is 0 Å². The molecule has 194 valence electrons. The van der Waals surface area contributed by atoms with E-state index in [2.05, 4.69) is 54.5 Å². The van der Waals surface area contributed by atoms with Crippen molar-refractivity contribution in [3.8, 4) is 0 Å². The van der Waals surface area contributed by atoms with Crippen LogP contribution in [0.1, 0.15) is 106 Å². The van der Waals surface area contributed by atoms with E-state index in [1.165, 1.54) is 5.57 Å². The Bertz CT molecular complexity index is 875. The largest absolute Gasteiger partial charge is 0.393 e. The van der Waals surface area contributed by atoms with E-state index < -0.39 is 17.8 Å². The van der Waals surface area contributed by atoms with Crippen molar-refractivity contribution in [3.05, 3.63) is 11.6 Å². The first-order chi connectivity index (χ1) is 15.6. The van der Waals surface area contributed by atoms with Gasteiger partial charge in [0, 0.05) is 0 Å².